The van der Waals surface area contributed by atoms with Crippen LogP contribution in [0.5, 0.6) is 5.75 Å². The Morgan fingerprint density at radius 3 is 2.71 bits per heavy atom. The fourth-order valence-corrected chi connectivity index (χ4v) is 2.98. The van der Waals surface area contributed by atoms with Crippen LogP contribution in [0.3, 0.4) is 0 Å². The van der Waals surface area contributed by atoms with Gasteiger partial charge in [-0.1, -0.05) is 36.0 Å². The van der Waals surface area contributed by atoms with Crippen LogP contribution in [-0.2, 0) is 16.0 Å². The van der Waals surface area contributed by atoms with Crippen molar-refractivity contribution in [3.8, 4) is 5.75 Å². The normalized spacial score (nSPS) is 17.1. The second kappa shape index (κ2) is 9.12. The summed E-state index contributed by atoms with van der Waals surface area (Å²) in [6, 6.07) is 7.37. The summed E-state index contributed by atoms with van der Waals surface area (Å²) in [6.45, 7) is 2.70. The van der Waals surface area contributed by atoms with E-state index in [1.54, 1.807) is 6.08 Å². The number of amides is 3. The molecule has 0 aromatic heterocycles. The zero-order valence-corrected chi connectivity index (χ0v) is 14.2. The van der Waals surface area contributed by atoms with Gasteiger partial charge in [-0.2, -0.15) is 0 Å². The second-order valence-corrected chi connectivity index (χ2v) is 6.38. The fourth-order valence-electron chi connectivity index (χ4n) is 2.12. The summed E-state index contributed by atoms with van der Waals surface area (Å²) in [6.07, 6.45) is 4.51. The van der Waals surface area contributed by atoms with E-state index in [1.165, 1.54) is 0 Å². The summed E-state index contributed by atoms with van der Waals surface area (Å²) in [7, 11) is 0. The van der Waals surface area contributed by atoms with Crippen molar-refractivity contribution in [3.63, 3.8) is 0 Å². The molecule has 0 aliphatic carbocycles. The van der Waals surface area contributed by atoms with Gasteiger partial charge in [0.1, 0.15) is 12.4 Å². The number of hydrogen-bond donors (Lipinski definition) is 2. The van der Waals surface area contributed by atoms with Crippen LogP contribution in [0.4, 0.5) is 4.79 Å². The highest BCUT2D eigenvalue weighted by molar-refractivity contribution is 8.15. The van der Waals surface area contributed by atoms with E-state index in [0.717, 1.165) is 17.3 Å². The van der Waals surface area contributed by atoms with Gasteiger partial charge >= 0.3 is 0 Å². The molecular weight excluding hydrogens is 328 g/mol. The van der Waals surface area contributed by atoms with Gasteiger partial charge in [-0.15, -0.1) is 0 Å². The van der Waals surface area contributed by atoms with E-state index in [2.05, 4.69) is 10.6 Å². The topological polar surface area (TPSA) is 84.5 Å². The summed E-state index contributed by atoms with van der Waals surface area (Å²) < 4.78 is 5.55. The van der Waals surface area contributed by atoms with E-state index in [-0.39, 0.29) is 22.3 Å². The van der Waals surface area contributed by atoms with Crippen molar-refractivity contribution in [3.05, 3.63) is 42.0 Å². The monoisotopic (exact) mass is 348 g/mol. The molecule has 3 amide bonds. The molecule has 0 saturated carbocycles. The molecule has 1 aromatic carbocycles. The first kappa shape index (κ1) is 18.1. The molecule has 1 atom stereocenters. The van der Waals surface area contributed by atoms with Crippen LogP contribution in [-0.4, -0.2) is 35.5 Å². The van der Waals surface area contributed by atoms with Crippen LogP contribution in [0, 0.1) is 0 Å². The summed E-state index contributed by atoms with van der Waals surface area (Å²) in [4.78, 5) is 34.1. The van der Waals surface area contributed by atoms with Crippen molar-refractivity contribution in [2.24, 2.45) is 0 Å². The Morgan fingerprint density at radius 2 is 2.08 bits per heavy atom. The number of thioether (sulfide) groups is 1. The van der Waals surface area contributed by atoms with Crippen LogP contribution in [0.25, 0.3) is 0 Å². The van der Waals surface area contributed by atoms with Crippen molar-refractivity contribution in [2.45, 2.75) is 25.0 Å². The predicted octanol–water partition coefficient (Wildman–Crippen LogP) is 2.04. The van der Waals surface area contributed by atoms with Crippen LogP contribution in [0.1, 0.15) is 18.9 Å². The van der Waals surface area contributed by atoms with E-state index in [0.29, 0.717) is 31.7 Å². The van der Waals surface area contributed by atoms with E-state index in [9.17, 15) is 14.4 Å². The molecule has 6 nitrogen and oxygen atoms in total. The molecule has 2 rings (SSSR count). The number of carbonyl (C=O) groups is 3. The summed E-state index contributed by atoms with van der Waals surface area (Å²) in [5, 5.41) is 4.38. The molecule has 24 heavy (non-hydrogen) atoms. The van der Waals surface area contributed by atoms with Gasteiger partial charge in [-0.3, -0.25) is 19.7 Å². The van der Waals surface area contributed by atoms with Gasteiger partial charge in [-0.25, -0.2) is 0 Å². The Labute approximate surface area is 145 Å². The lowest BCUT2D eigenvalue weighted by Gasteiger charge is -2.09. The van der Waals surface area contributed by atoms with Crippen molar-refractivity contribution < 1.29 is 19.1 Å². The van der Waals surface area contributed by atoms with E-state index < -0.39 is 0 Å². The lowest BCUT2D eigenvalue weighted by atomic mass is 10.1. The Bertz CT molecular complexity index is 628. The third-order valence-electron chi connectivity index (χ3n) is 3.34. The van der Waals surface area contributed by atoms with Crippen LogP contribution >= 0.6 is 11.8 Å². The van der Waals surface area contributed by atoms with Crippen molar-refractivity contribution in [2.75, 3.05) is 13.2 Å². The molecule has 1 aromatic rings. The number of benzene rings is 1. The average molecular weight is 348 g/mol. The minimum atomic E-state index is -0.364. The maximum absolute atomic E-state index is 11.5. The largest absolute Gasteiger partial charge is 0.492 e. The highest BCUT2D eigenvalue weighted by atomic mass is 32.2. The first-order valence-electron chi connectivity index (χ1n) is 7.69. The highest BCUT2D eigenvalue weighted by Gasteiger charge is 2.31. The molecule has 0 bridgehead atoms. The molecule has 1 fully saturated rings. The number of rotatable bonds is 8. The molecular formula is C17H20N2O4S. The van der Waals surface area contributed by atoms with E-state index in [4.69, 9.17) is 4.74 Å². The Kier molecular flexibility index (Phi) is 6.87. The van der Waals surface area contributed by atoms with Gasteiger partial charge in [-0.05, 0) is 31.0 Å². The predicted molar refractivity (Wildman–Crippen MR) is 93.0 cm³/mol. The summed E-state index contributed by atoms with van der Waals surface area (Å²) >= 11 is 1.02. The average Bonchev–Trinajstić information content (AvgIpc) is 2.88. The molecule has 0 spiro atoms. The van der Waals surface area contributed by atoms with Crippen LogP contribution in [0.15, 0.2) is 36.4 Å². The van der Waals surface area contributed by atoms with E-state index >= 15 is 0 Å². The summed E-state index contributed by atoms with van der Waals surface area (Å²) in [5.74, 6) is 0.425. The maximum Gasteiger partial charge on any atom is 0.286 e. The van der Waals surface area contributed by atoms with Crippen molar-refractivity contribution in [1.82, 2.24) is 10.6 Å². The van der Waals surface area contributed by atoms with Gasteiger partial charge in [0, 0.05) is 6.42 Å². The Balaban J connectivity index is 1.71. The fraction of sp³-hybridized carbons (Fsp3) is 0.353. The molecule has 1 aliphatic heterocycles. The molecule has 1 unspecified atom stereocenters. The maximum atomic E-state index is 11.5. The van der Waals surface area contributed by atoms with Gasteiger partial charge < -0.3 is 10.1 Å². The smallest absolute Gasteiger partial charge is 0.286 e. The summed E-state index contributed by atoms with van der Waals surface area (Å²) in [5.41, 5.74) is 0.962. The third kappa shape index (κ3) is 5.73. The number of carbonyl (C=O) groups excluding carboxylic acids is 3. The zero-order chi connectivity index (χ0) is 17.4. The molecule has 2 N–H and O–H groups in total. The number of nitrogens with one attached hydrogen (secondary N) is 2. The SMILES string of the molecule is C/C=C/CC(=O)NCCOc1ccc(CC2SC(=O)NC2=O)cc1. The molecule has 7 heteroatoms. The van der Waals surface area contributed by atoms with Crippen LogP contribution < -0.4 is 15.4 Å². The molecule has 1 heterocycles. The van der Waals surface area contributed by atoms with Gasteiger partial charge in [0.15, 0.2) is 0 Å². The number of allylic oxidation sites excluding steroid dienone is 1. The Hall–Kier alpha value is -2.28. The van der Waals surface area contributed by atoms with Gasteiger partial charge in [0.25, 0.3) is 5.24 Å². The molecule has 128 valence electrons. The lowest BCUT2D eigenvalue weighted by Crippen LogP contribution is -2.27. The minimum absolute atomic E-state index is 0.0334. The van der Waals surface area contributed by atoms with Crippen molar-refractivity contribution in [1.29, 1.82) is 0 Å². The standard InChI is InChI=1S/C17H20N2O4S/c1-2-3-4-15(20)18-9-10-23-13-7-5-12(6-8-13)11-14-16(21)19-17(22)24-14/h2-3,5-8,14H,4,9-11H2,1H3,(H,18,20)(H,19,21,22)/b3-2+. The number of imide groups is 1. The second-order valence-electron chi connectivity index (χ2n) is 5.20. The zero-order valence-electron chi connectivity index (χ0n) is 13.4. The first-order chi connectivity index (χ1) is 11.6. The van der Waals surface area contributed by atoms with Gasteiger partial charge in [0.2, 0.25) is 11.8 Å². The lowest BCUT2D eigenvalue weighted by molar-refractivity contribution is -0.120. The highest BCUT2D eigenvalue weighted by Crippen LogP contribution is 2.23. The van der Waals surface area contributed by atoms with Crippen LogP contribution in [0.2, 0.25) is 0 Å². The van der Waals surface area contributed by atoms with Crippen molar-refractivity contribution >= 4 is 28.8 Å². The molecule has 1 aliphatic rings. The molecule has 1 saturated heterocycles. The first-order valence-corrected chi connectivity index (χ1v) is 8.57. The third-order valence-corrected chi connectivity index (χ3v) is 4.32. The minimum Gasteiger partial charge on any atom is -0.492 e. The van der Waals surface area contributed by atoms with E-state index in [1.807, 2.05) is 37.3 Å². The van der Waals surface area contributed by atoms with Gasteiger partial charge in [0.05, 0.1) is 11.8 Å². The number of hydrogen-bond acceptors (Lipinski definition) is 5. The Morgan fingerprint density at radius 1 is 1.33 bits per heavy atom. The number of ether oxygens (including phenoxy) is 1. The quantitative estimate of drug-likeness (QED) is 0.555. The molecule has 0 radical (unpaired) electrons.